The number of hydrogen-bond acceptors (Lipinski definition) is 5. The number of hydrogen-bond donors (Lipinski definition) is 1. The average molecular weight is 289 g/mol. The van der Waals surface area contributed by atoms with Crippen molar-refractivity contribution in [1.82, 2.24) is 15.1 Å². The maximum atomic E-state index is 11.9. The summed E-state index contributed by atoms with van der Waals surface area (Å²) in [4.78, 5) is 24.7. The molecule has 0 unspecified atom stereocenters. The van der Waals surface area contributed by atoms with E-state index in [1.165, 1.54) is 7.05 Å². The largest absolute Gasteiger partial charge is 0.339 e. The third kappa shape index (κ3) is 2.00. The van der Waals surface area contributed by atoms with E-state index in [1.807, 2.05) is 0 Å². The summed E-state index contributed by atoms with van der Waals surface area (Å²) in [5.74, 6) is -0.0989. The van der Waals surface area contributed by atoms with E-state index in [9.17, 15) is 9.59 Å². The average Bonchev–Trinajstić information content (AvgIpc) is 2.66. The molecule has 0 radical (unpaired) electrons. The summed E-state index contributed by atoms with van der Waals surface area (Å²) in [6, 6.07) is 8.22. The molecule has 0 aliphatic carbocycles. The van der Waals surface area contributed by atoms with Crippen molar-refractivity contribution in [3.8, 4) is 0 Å². The van der Waals surface area contributed by atoms with Crippen molar-refractivity contribution in [1.29, 1.82) is 0 Å². The van der Waals surface area contributed by atoms with E-state index in [0.717, 1.165) is 4.90 Å². The molecule has 1 aromatic carbocycles. The number of fused-ring (bicyclic) bond motifs is 1. The SMILES string of the molecule is CN1C(=O)c2ccc(Nc3ccc(Cl)nn3)cc2C1=O. The van der Waals surface area contributed by atoms with Crippen LogP contribution in [0.1, 0.15) is 20.7 Å². The van der Waals surface area contributed by atoms with E-state index >= 15 is 0 Å². The zero-order valence-corrected chi connectivity index (χ0v) is 11.2. The second-order valence-electron chi connectivity index (χ2n) is 4.30. The third-order valence-electron chi connectivity index (χ3n) is 2.99. The van der Waals surface area contributed by atoms with Crippen LogP contribution in [-0.2, 0) is 0 Å². The predicted octanol–water partition coefficient (Wildman–Crippen LogP) is 2.10. The molecule has 1 N–H and O–H groups in total. The summed E-state index contributed by atoms with van der Waals surface area (Å²) in [6.45, 7) is 0. The summed E-state index contributed by atoms with van der Waals surface area (Å²) in [5.41, 5.74) is 1.44. The smallest absolute Gasteiger partial charge is 0.261 e. The molecule has 0 atom stereocenters. The first-order valence-corrected chi connectivity index (χ1v) is 6.17. The van der Waals surface area contributed by atoms with Crippen LogP contribution in [0.3, 0.4) is 0 Å². The molecule has 7 heteroatoms. The van der Waals surface area contributed by atoms with Crippen LogP contribution in [0.5, 0.6) is 0 Å². The number of carbonyl (C=O) groups is 2. The first-order valence-electron chi connectivity index (χ1n) is 5.79. The van der Waals surface area contributed by atoms with Gasteiger partial charge in [-0.15, -0.1) is 10.2 Å². The van der Waals surface area contributed by atoms with Crippen molar-refractivity contribution < 1.29 is 9.59 Å². The standard InChI is InChI=1S/C13H9ClN4O2/c1-18-12(19)8-3-2-7(6-9(8)13(18)20)15-11-5-4-10(14)16-17-11/h2-6H,1H3,(H,15,17). The molecular formula is C13H9ClN4O2. The predicted molar refractivity (Wildman–Crippen MR) is 73.2 cm³/mol. The minimum absolute atomic E-state index is 0.289. The van der Waals surface area contributed by atoms with Crippen LogP contribution >= 0.6 is 11.6 Å². The lowest BCUT2D eigenvalue weighted by Gasteiger charge is -2.05. The number of amides is 2. The van der Waals surface area contributed by atoms with Gasteiger partial charge in [0, 0.05) is 12.7 Å². The summed E-state index contributed by atoms with van der Waals surface area (Å²) >= 11 is 5.65. The number of aromatic nitrogens is 2. The van der Waals surface area contributed by atoms with Gasteiger partial charge in [-0.1, -0.05) is 11.6 Å². The molecule has 20 heavy (non-hydrogen) atoms. The minimum Gasteiger partial charge on any atom is -0.339 e. The van der Waals surface area contributed by atoms with Crippen LogP contribution in [0.2, 0.25) is 5.15 Å². The molecule has 0 saturated carbocycles. The molecule has 2 amide bonds. The molecule has 6 nitrogen and oxygen atoms in total. The molecule has 0 saturated heterocycles. The van der Waals surface area contributed by atoms with Crippen molar-refractivity contribution in [2.75, 3.05) is 12.4 Å². The number of rotatable bonds is 2. The third-order valence-corrected chi connectivity index (χ3v) is 3.20. The van der Waals surface area contributed by atoms with Gasteiger partial charge in [-0.2, -0.15) is 0 Å². The Hall–Kier alpha value is -2.47. The van der Waals surface area contributed by atoms with Crippen molar-refractivity contribution >= 4 is 34.9 Å². The molecule has 0 spiro atoms. The van der Waals surface area contributed by atoms with Gasteiger partial charge >= 0.3 is 0 Å². The van der Waals surface area contributed by atoms with Gasteiger partial charge in [0.05, 0.1) is 11.1 Å². The Labute approximate surface area is 119 Å². The molecule has 100 valence electrons. The second kappa shape index (κ2) is 4.57. The Kier molecular flexibility index (Phi) is 2.87. The monoisotopic (exact) mass is 288 g/mol. The van der Waals surface area contributed by atoms with Crippen LogP contribution in [0.4, 0.5) is 11.5 Å². The fourth-order valence-electron chi connectivity index (χ4n) is 1.97. The normalized spacial score (nSPS) is 13.6. The van der Waals surface area contributed by atoms with Gasteiger partial charge < -0.3 is 5.32 Å². The molecule has 0 fully saturated rings. The quantitative estimate of drug-likeness (QED) is 0.857. The fourth-order valence-corrected chi connectivity index (χ4v) is 2.07. The number of nitrogens with zero attached hydrogens (tertiary/aromatic N) is 3. The first kappa shape index (κ1) is 12.6. The van der Waals surface area contributed by atoms with Gasteiger partial charge in [0.2, 0.25) is 0 Å². The Balaban J connectivity index is 1.92. The molecule has 1 aromatic heterocycles. The minimum atomic E-state index is -0.309. The number of carbonyl (C=O) groups excluding carboxylic acids is 2. The summed E-state index contributed by atoms with van der Waals surface area (Å²) in [6.07, 6.45) is 0. The summed E-state index contributed by atoms with van der Waals surface area (Å²) in [5, 5.41) is 10.9. The molecule has 3 rings (SSSR count). The van der Waals surface area contributed by atoms with Gasteiger partial charge in [-0.3, -0.25) is 14.5 Å². The number of benzene rings is 1. The van der Waals surface area contributed by atoms with E-state index in [1.54, 1.807) is 30.3 Å². The van der Waals surface area contributed by atoms with Crippen molar-refractivity contribution in [2.45, 2.75) is 0 Å². The topological polar surface area (TPSA) is 75.2 Å². The number of halogens is 1. The summed E-state index contributed by atoms with van der Waals surface area (Å²) < 4.78 is 0. The molecule has 1 aliphatic rings. The highest BCUT2D eigenvalue weighted by molar-refractivity contribution is 6.29. The van der Waals surface area contributed by atoms with Gasteiger partial charge in [0.1, 0.15) is 0 Å². The summed E-state index contributed by atoms with van der Waals surface area (Å²) in [7, 11) is 1.46. The Morgan fingerprint density at radius 1 is 1.05 bits per heavy atom. The maximum absolute atomic E-state index is 11.9. The highest BCUT2D eigenvalue weighted by Gasteiger charge is 2.32. The van der Waals surface area contributed by atoms with Gasteiger partial charge in [-0.25, -0.2) is 0 Å². The molecule has 1 aliphatic heterocycles. The molecule has 0 bridgehead atoms. The fraction of sp³-hybridized carbons (Fsp3) is 0.0769. The molecule has 2 aromatic rings. The Bertz CT molecular complexity index is 715. The number of anilines is 2. The van der Waals surface area contributed by atoms with E-state index in [0.29, 0.717) is 27.8 Å². The lowest BCUT2D eigenvalue weighted by Crippen LogP contribution is -2.24. The van der Waals surface area contributed by atoms with Crippen LogP contribution in [-0.4, -0.2) is 34.0 Å². The zero-order valence-electron chi connectivity index (χ0n) is 10.4. The Morgan fingerprint density at radius 2 is 1.80 bits per heavy atom. The highest BCUT2D eigenvalue weighted by atomic mass is 35.5. The van der Waals surface area contributed by atoms with E-state index in [2.05, 4.69) is 15.5 Å². The number of nitrogens with one attached hydrogen (secondary N) is 1. The Morgan fingerprint density at radius 3 is 2.50 bits per heavy atom. The van der Waals surface area contributed by atoms with E-state index < -0.39 is 0 Å². The van der Waals surface area contributed by atoms with Crippen LogP contribution in [0.25, 0.3) is 0 Å². The van der Waals surface area contributed by atoms with E-state index in [4.69, 9.17) is 11.6 Å². The van der Waals surface area contributed by atoms with Gasteiger partial charge in [0.15, 0.2) is 11.0 Å². The van der Waals surface area contributed by atoms with Gasteiger partial charge in [-0.05, 0) is 30.3 Å². The number of imide groups is 1. The molecular weight excluding hydrogens is 280 g/mol. The second-order valence-corrected chi connectivity index (χ2v) is 4.68. The first-order chi connectivity index (χ1) is 9.56. The van der Waals surface area contributed by atoms with Crippen LogP contribution in [0, 0.1) is 0 Å². The van der Waals surface area contributed by atoms with Crippen molar-refractivity contribution in [3.05, 3.63) is 46.6 Å². The van der Waals surface area contributed by atoms with Crippen LogP contribution < -0.4 is 5.32 Å². The van der Waals surface area contributed by atoms with Crippen LogP contribution in [0.15, 0.2) is 30.3 Å². The van der Waals surface area contributed by atoms with Gasteiger partial charge in [0.25, 0.3) is 11.8 Å². The lowest BCUT2D eigenvalue weighted by atomic mass is 10.1. The lowest BCUT2D eigenvalue weighted by molar-refractivity contribution is 0.0693. The van der Waals surface area contributed by atoms with Crippen molar-refractivity contribution in [2.24, 2.45) is 0 Å². The van der Waals surface area contributed by atoms with Crippen molar-refractivity contribution in [3.63, 3.8) is 0 Å². The highest BCUT2D eigenvalue weighted by Crippen LogP contribution is 2.26. The molecule has 2 heterocycles. The maximum Gasteiger partial charge on any atom is 0.261 e. The van der Waals surface area contributed by atoms with E-state index in [-0.39, 0.29) is 11.8 Å². The zero-order chi connectivity index (χ0) is 14.3.